The second-order valence-corrected chi connectivity index (χ2v) is 10.0. The van der Waals surface area contributed by atoms with Crippen LogP contribution in [0.3, 0.4) is 0 Å². The largest absolute Gasteiger partial charge is 0.465 e. The zero-order valence-electron chi connectivity index (χ0n) is 18.5. The third-order valence-corrected chi connectivity index (χ3v) is 6.66. The summed E-state index contributed by atoms with van der Waals surface area (Å²) in [4.78, 5) is 28.6. The Bertz CT molecular complexity index is 1090. The van der Waals surface area contributed by atoms with E-state index < -0.39 is 17.8 Å². The molecule has 4 rings (SSSR count). The van der Waals surface area contributed by atoms with Crippen molar-refractivity contribution in [3.63, 3.8) is 0 Å². The third-order valence-electron chi connectivity index (χ3n) is 6.13. The van der Waals surface area contributed by atoms with E-state index in [2.05, 4.69) is 29.8 Å². The maximum Gasteiger partial charge on any atom is 0.317 e. The first-order valence-electron chi connectivity index (χ1n) is 10.9. The number of amidine groups is 1. The van der Waals surface area contributed by atoms with Crippen LogP contribution in [0, 0.1) is 16.7 Å². The van der Waals surface area contributed by atoms with Gasteiger partial charge in [-0.2, -0.15) is 0 Å². The predicted octanol–water partition coefficient (Wildman–Crippen LogP) is 5.85. The van der Waals surface area contributed by atoms with Crippen LogP contribution in [0.2, 0.25) is 0 Å². The fraction of sp³-hybridized carbons (Fsp3) is 0.346. The molecule has 0 radical (unpaired) electrons. The first-order valence-corrected chi connectivity index (χ1v) is 11.6. The van der Waals surface area contributed by atoms with E-state index in [4.69, 9.17) is 10.1 Å². The lowest BCUT2D eigenvalue weighted by Gasteiger charge is -2.46. The van der Waals surface area contributed by atoms with Gasteiger partial charge >= 0.3 is 5.97 Å². The fourth-order valence-electron chi connectivity index (χ4n) is 4.84. The van der Waals surface area contributed by atoms with Gasteiger partial charge in [0.15, 0.2) is 5.78 Å². The highest BCUT2D eigenvalue weighted by molar-refractivity contribution is 9.10. The molecule has 0 aromatic heterocycles. The van der Waals surface area contributed by atoms with Gasteiger partial charge in [0, 0.05) is 33.8 Å². The summed E-state index contributed by atoms with van der Waals surface area (Å²) in [5, 5.41) is 9.16. The number of esters is 1. The van der Waals surface area contributed by atoms with E-state index >= 15 is 0 Å². The molecule has 1 aliphatic heterocycles. The Morgan fingerprint density at radius 2 is 1.78 bits per heavy atom. The van der Waals surface area contributed by atoms with Crippen molar-refractivity contribution >= 4 is 39.2 Å². The van der Waals surface area contributed by atoms with Gasteiger partial charge < -0.3 is 9.64 Å². The Balaban J connectivity index is 1.99. The highest BCUT2D eigenvalue weighted by Crippen LogP contribution is 2.50. The Labute approximate surface area is 197 Å². The molecule has 1 N–H and O–H groups in total. The molecule has 0 spiro atoms. The maximum atomic E-state index is 13.6. The number of nitrogens with one attached hydrogen (secondary N) is 1. The zero-order valence-corrected chi connectivity index (χ0v) is 20.1. The standard InChI is InChI=1S/C26H27BrN2O3/c1-4-32-25(31)23-21(16-10-12-17(27)13-11-16)22-19(14-26(2,3)15-20(22)30)29(24(23)28)18-8-6-5-7-9-18/h5-13,21,23,28H,4,14-15H2,1-3H3. The first kappa shape index (κ1) is 22.5. The molecule has 6 heteroatoms. The average Bonchev–Trinajstić information content (AvgIpc) is 2.73. The van der Waals surface area contributed by atoms with Gasteiger partial charge in [0.1, 0.15) is 11.8 Å². The van der Waals surface area contributed by atoms with Crippen LogP contribution < -0.4 is 4.90 Å². The SMILES string of the molecule is CCOC(=O)C1C(=N)N(c2ccccc2)C2=C(C(=O)CC(C)(C)C2)C1c1ccc(Br)cc1. The number of hydrogen-bond acceptors (Lipinski definition) is 4. The van der Waals surface area contributed by atoms with E-state index in [1.165, 1.54) is 0 Å². The summed E-state index contributed by atoms with van der Waals surface area (Å²) in [5.41, 5.74) is 2.83. The summed E-state index contributed by atoms with van der Waals surface area (Å²) >= 11 is 3.46. The van der Waals surface area contributed by atoms with Gasteiger partial charge in [-0.1, -0.05) is 60.1 Å². The van der Waals surface area contributed by atoms with Gasteiger partial charge in [-0.05, 0) is 48.6 Å². The smallest absolute Gasteiger partial charge is 0.317 e. The molecule has 0 bridgehead atoms. The minimum Gasteiger partial charge on any atom is -0.465 e. The Morgan fingerprint density at radius 3 is 2.41 bits per heavy atom. The number of hydrogen-bond donors (Lipinski definition) is 1. The van der Waals surface area contributed by atoms with Gasteiger partial charge in [0.25, 0.3) is 0 Å². The molecule has 2 atom stereocenters. The lowest BCUT2D eigenvalue weighted by molar-refractivity contribution is -0.146. The fourth-order valence-corrected chi connectivity index (χ4v) is 5.11. The molecular weight excluding hydrogens is 468 g/mol. The van der Waals surface area contributed by atoms with E-state index in [1.807, 2.05) is 54.6 Å². The van der Waals surface area contributed by atoms with Crippen molar-refractivity contribution < 1.29 is 14.3 Å². The summed E-state index contributed by atoms with van der Waals surface area (Å²) in [7, 11) is 0. The van der Waals surface area contributed by atoms with Crippen molar-refractivity contribution in [2.45, 2.75) is 39.5 Å². The van der Waals surface area contributed by atoms with Crippen LogP contribution in [0.5, 0.6) is 0 Å². The number of nitrogens with zero attached hydrogens (tertiary/aromatic N) is 1. The molecule has 1 aliphatic carbocycles. The minimum atomic E-state index is -0.903. The monoisotopic (exact) mass is 494 g/mol. The van der Waals surface area contributed by atoms with Gasteiger partial charge in [0.2, 0.25) is 0 Å². The van der Waals surface area contributed by atoms with Crippen LogP contribution in [-0.4, -0.2) is 24.2 Å². The number of para-hydroxylation sites is 1. The lowest BCUT2D eigenvalue weighted by atomic mass is 9.66. The maximum absolute atomic E-state index is 13.6. The molecule has 2 unspecified atom stereocenters. The summed E-state index contributed by atoms with van der Waals surface area (Å²) < 4.78 is 6.33. The van der Waals surface area contributed by atoms with Crippen molar-refractivity contribution in [3.05, 3.63) is 75.9 Å². The van der Waals surface area contributed by atoms with E-state index in [0.717, 1.165) is 21.4 Å². The quantitative estimate of drug-likeness (QED) is 0.540. The van der Waals surface area contributed by atoms with Crippen LogP contribution in [0.25, 0.3) is 0 Å². The van der Waals surface area contributed by atoms with Crippen LogP contribution >= 0.6 is 15.9 Å². The summed E-state index contributed by atoms with van der Waals surface area (Å²) in [5.74, 6) is -1.75. The number of carbonyl (C=O) groups is 2. The molecule has 0 amide bonds. The van der Waals surface area contributed by atoms with Gasteiger partial charge in [-0.3, -0.25) is 15.0 Å². The Kier molecular flexibility index (Phi) is 6.08. The number of carbonyl (C=O) groups excluding carboxylic acids is 2. The number of rotatable bonds is 4. The van der Waals surface area contributed by atoms with Crippen LogP contribution in [0.15, 0.2) is 70.3 Å². The van der Waals surface area contributed by atoms with Crippen molar-refractivity contribution in [3.8, 4) is 0 Å². The zero-order chi connectivity index (χ0) is 23.0. The molecular formula is C26H27BrN2O3. The van der Waals surface area contributed by atoms with Gasteiger partial charge in [-0.25, -0.2) is 0 Å². The van der Waals surface area contributed by atoms with E-state index in [-0.39, 0.29) is 23.6 Å². The van der Waals surface area contributed by atoms with Crippen LogP contribution in [0.1, 0.15) is 45.1 Å². The van der Waals surface area contributed by atoms with Crippen LogP contribution in [-0.2, 0) is 14.3 Å². The van der Waals surface area contributed by atoms with Gasteiger partial charge in [0.05, 0.1) is 6.61 Å². The molecule has 0 saturated heterocycles. The molecule has 0 fully saturated rings. The second-order valence-electron chi connectivity index (χ2n) is 9.12. The summed E-state index contributed by atoms with van der Waals surface area (Å²) in [6, 6.07) is 17.2. The molecule has 1 heterocycles. The Hall–Kier alpha value is -2.73. The predicted molar refractivity (Wildman–Crippen MR) is 129 cm³/mol. The molecule has 2 aliphatic rings. The molecule has 5 nitrogen and oxygen atoms in total. The molecule has 2 aromatic carbocycles. The minimum absolute atomic E-state index is 0.0342. The van der Waals surface area contributed by atoms with E-state index in [9.17, 15) is 9.59 Å². The van der Waals surface area contributed by atoms with Crippen LogP contribution in [0.4, 0.5) is 5.69 Å². The lowest BCUT2D eigenvalue weighted by Crippen LogP contribution is -2.51. The Morgan fingerprint density at radius 1 is 1.12 bits per heavy atom. The highest BCUT2D eigenvalue weighted by atomic mass is 79.9. The number of allylic oxidation sites excluding steroid dienone is 2. The molecule has 32 heavy (non-hydrogen) atoms. The second kappa shape index (κ2) is 8.66. The molecule has 2 aromatic rings. The number of ether oxygens (including phenoxy) is 1. The number of anilines is 1. The topological polar surface area (TPSA) is 70.5 Å². The molecule has 166 valence electrons. The van der Waals surface area contributed by atoms with Crippen molar-refractivity contribution in [2.75, 3.05) is 11.5 Å². The van der Waals surface area contributed by atoms with Crippen molar-refractivity contribution in [1.82, 2.24) is 0 Å². The van der Waals surface area contributed by atoms with E-state index in [0.29, 0.717) is 18.4 Å². The van der Waals surface area contributed by atoms with E-state index in [1.54, 1.807) is 11.8 Å². The number of halogens is 1. The van der Waals surface area contributed by atoms with Crippen molar-refractivity contribution in [1.29, 1.82) is 5.41 Å². The normalized spacial score (nSPS) is 22.6. The average molecular weight is 495 g/mol. The summed E-state index contributed by atoms with van der Waals surface area (Å²) in [6.45, 7) is 6.13. The van der Waals surface area contributed by atoms with Gasteiger partial charge in [-0.15, -0.1) is 0 Å². The number of benzene rings is 2. The van der Waals surface area contributed by atoms with Crippen molar-refractivity contribution in [2.24, 2.45) is 11.3 Å². The highest BCUT2D eigenvalue weighted by Gasteiger charge is 2.50. The summed E-state index contributed by atoms with van der Waals surface area (Å²) in [6.07, 6.45) is 1.05. The number of ketones is 1. The third kappa shape index (κ3) is 4.04. The molecule has 0 saturated carbocycles. The number of Topliss-reactive ketones (excluding diaryl/α,β-unsaturated/α-hetero) is 1. The first-order chi connectivity index (χ1) is 15.2.